The number of hydrazine groups is 1. The van der Waals surface area contributed by atoms with E-state index in [0.29, 0.717) is 43.4 Å². The molecule has 0 aromatic heterocycles. The van der Waals surface area contributed by atoms with E-state index in [2.05, 4.69) is 10.9 Å². The van der Waals surface area contributed by atoms with Gasteiger partial charge in [-0.1, -0.05) is 0 Å². The molecule has 0 fully saturated rings. The highest BCUT2D eigenvalue weighted by Gasteiger charge is 2.50. The van der Waals surface area contributed by atoms with Crippen LogP contribution >= 0.6 is 0 Å². The van der Waals surface area contributed by atoms with Gasteiger partial charge in [-0.15, -0.1) is 0 Å². The lowest BCUT2D eigenvalue weighted by Crippen LogP contribution is -2.55. The molecular weight excluding hydrogens is 478 g/mol. The number of esters is 1. The summed E-state index contributed by atoms with van der Waals surface area (Å²) >= 11 is 0. The lowest BCUT2D eigenvalue weighted by atomic mass is 9.88. The van der Waals surface area contributed by atoms with Gasteiger partial charge in [0.05, 0.1) is 12.7 Å². The van der Waals surface area contributed by atoms with Gasteiger partial charge in [-0.25, -0.2) is 10.4 Å². The molecule has 208 valence electrons. The summed E-state index contributed by atoms with van der Waals surface area (Å²) in [5.41, 5.74) is 4.43. The van der Waals surface area contributed by atoms with E-state index in [-0.39, 0.29) is 31.5 Å². The molecule has 2 atom stereocenters. The second-order valence-electron chi connectivity index (χ2n) is 10.3. The lowest BCUT2D eigenvalue weighted by molar-refractivity contribution is -0.155. The summed E-state index contributed by atoms with van der Waals surface area (Å²) in [6.07, 6.45) is 0.931. The standard InChI is InChI=1S/C27H43N3O7/c1-19(2)34-17-7-15-28-30-25(33)27(14-13-23(32)37-26(4,5)6)20(3)36-24(29-27)21-9-11-22(12-10-21)35-18-8-16-31/h9-12,19-20,28,31H,7-8,13-18H2,1-6H3,(H,30,33)/t20-,27-/m0/s1. The molecule has 0 saturated carbocycles. The van der Waals surface area contributed by atoms with E-state index in [0.717, 1.165) is 6.42 Å². The van der Waals surface area contributed by atoms with Gasteiger partial charge in [0.25, 0.3) is 5.91 Å². The minimum Gasteiger partial charge on any atom is -0.494 e. The van der Waals surface area contributed by atoms with Gasteiger partial charge in [-0.2, -0.15) is 0 Å². The molecule has 0 bridgehead atoms. The number of hydrogen-bond donors (Lipinski definition) is 3. The molecule has 37 heavy (non-hydrogen) atoms. The van der Waals surface area contributed by atoms with Crippen molar-refractivity contribution in [2.75, 3.05) is 26.4 Å². The maximum atomic E-state index is 13.4. The Morgan fingerprint density at radius 2 is 1.86 bits per heavy atom. The molecule has 0 aliphatic carbocycles. The molecule has 1 amide bonds. The number of ether oxygens (including phenoxy) is 4. The van der Waals surface area contributed by atoms with Gasteiger partial charge in [0.1, 0.15) is 17.5 Å². The van der Waals surface area contributed by atoms with Crippen LogP contribution in [-0.2, 0) is 23.8 Å². The van der Waals surface area contributed by atoms with Gasteiger partial charge in [-0.05, 0) is 78.6 Å². The Hall–Kier alpha value is -2.69. The van der Waals surface area contributed by atoms with E-state index < -0.39 is 23.2 Å². The van der Waals surface area contributed by atoms with E-state index in [1.165, 1.54) is 0 Å². The fraction of sp³-hybridized carbons (Fsp3) is 0.667. The lowest BCUT2D eigenvalue weighted by Gasteiger charge is -2.28. The molecule has 1 aromatic rings. The number of hydrogen-bond acceptors (Lipinski definition) is 9. The third kappa shape index (κ3) is 9.94. The number of carbonyl (C=O) groups excluding carboxylic acids is 2. The molecule has 2 rings (SSSR count). The highest BCUT2D eigenvalue weighted by Crippen LogP contribution is 2.33. The van der Waals surface area contributed by atoms with Crippen molar-refractivity contribution in [3.63, 3.8) is 0 Å². The van der Waals surface area contributed by atoms with E-state index >= 15 is 0 Å². The van der Waals surface area contributed by atoms with Gasteiger partial charge in [-0.3, -0.25) is 15.0 Å². The van der Waals surface area contributed by atoms with Gasteiger partial charge in [0.15, 0.2) is 5.54 Å². The van der Waals surface area contributed by atoms with Crippen LogP contribution in [0.2, 0.25) is 0 Å². The van der Waals surface area contributed by atoms with Crippen LogP contribution in [0.1, 0.15) is 72.8 Å². The van der Waals surface area contributed by atoms with Crippen molar-refractivity contribution >= 4 is 17.8 Å². The van der Waals surface area contributed by atoms with Crippen molar-refractivity contribution in [2.45, 2.75) is 90.6 Å². The molecule has 0 radical (unpaired) electrons. The Bertz CT molecular complexity index is 896. The molecule has 3 N–H and O–H groups in total. The zero-order valence-corrected chi connectivity index (χ0v) is 23.0. The minimum absolute atomic E-state index is 0.00896. The maximum Gasteiger partial charge on any atom is 0.306 e. The Morgan fingerprint density at radius 3 is 2.49 bits per heavy atom. The summed E-state index contributed by atoms with van der Waals surface area (Å²) in [6, 6.07) is 7.17. The third-order valence-corrected chi connectivity index (χ3v) is 5.56. The molecule has 1 aliphatic heterocycles. The monoisotopic (exact) mass is 521 g/mol. The zero-order chi connectivity index (χ0) is 27.5. The first-order valence-corrected chi connectivity index (χ1v) is 12.9. The van der Waals surface area contributed by atoms with Crippen molar-refractivity contribution in [3.05, 3.63) is 29.8 Å². The molecule has 10 heteroatoms. The Kier molecular flexibility index (Phi) is 11.8. The smallest absolute Gasteiger partial charge is 0.306 e. The van der Waals surface area contributed by atoms with Crippen LogP contribution in [0.5, 0.6) is 5.75 Å². The SMILES string of the molecule is CC(C)OCCCNNC(=O)[C@@]1(CCC(=O)OC(C)(C)C)N=C(c2ccc(OCCCO)cc2)O[C@H]1C. The number of aliphatic hydroxyl groups is 1. The van der Waals surface area contributed by atoms with Gasteiger partial charge >= 0.3 is 5.97 Å². The number of amides is 1. The Morgan fingerprint density at radius 1 is 1.16 bits per heavy atom. The highest BCUT2D eigenvalue weighted by molar-refractivity contribution is 6.00. The number of aliphatic hydroxyl groups excluding tert-OH is 1. The molecule has 0 spiro atoms. The van der Waals surface area contributed by atoms with Crippen LogP contribution in [0, 0.1) is 0 Å². The van der Waals surface area contributed by atoms with Crippen LogP contribution in [0.25, 0.3) is 0 Å². The molecule has 0 unspecified atom stereocenters. The fourth-order valence-corrected chi connectivity index (χ4v) is 3.67. The van der Waals surface area contributed by atoms with Crippen molar-refractivity contribution in [2.24, 2.45) is 4.99 Å². The number of rotatable bonds is 15. The first-order valence-electron chi connectivity index (χ1n) is 12.9. The summed E-state index contributed by atoms with van der Waals surface area (Å²) in [5.74, 6) is 0.188. The van der Waals surface area contributed by atoms with Crippen molar-refractivity contribution < 1.29 is 33.6 Å². The van der Waals surface area contributed by atoms with E-state index in [4.69, 9.17) is 29.0 Å². The number of carbonyl (C=O) groups is 2. The van der Waals surface area contributed by atoms with E-state index in [1.807, 2.05) is 13.8 Å². The number of benzene rings is 1. The predicted octanol–water partition coefficient (Wildman–Crippen LogP) is 2.91. The van der Waals surface area contributed by atoms with Crippen LogP contribution in [0.4, 0.5) is 0 Å². The predicted molar refractivity (Wildman–Crippen MR) is 140 cm³/mol. The molecule has 1 aliphatic rings. The first kappa shape index (κ1) is 30.5. The number of nitrogens with one attached hydrogen (secondary N) is 2. The second kappa shape index (κ2) is 14.3. The first-order chi connectivity index (χ1) is 17.5. The third-order valence-electron chi connectivity index (χ3n) is 5.56. The maximum absolute atomic E-state index is 13.4. The minimum atomic E-state index is -1.32. The average molecular weight is 522 g/mol. The molecule has 1 aromatic carbocycles. The van der Waals surface area contributed by atoms with E-state index in [9.17, 15) is 9.59 Å². The highest BCUT2D eigenvalue weighted by atomic mass is 16.6. The molecule has 10 nitrogen and oxygen atoms in total. The van der Waals surface area contributed by atoms with Crippen molar-refractivity contribution in [1.29, 1.82) is 0 Å². The van der Waals surface area contributed by atoms with Crippen molar-refractivity contribution in [1.82, 2.24) is 10.9 Å². The number of nitrogens with zero attached hydrogens (tertiary/aromatic N) is 1. The fourth-order valence-electron chi connectivity index (χ4n) is 3.67. The summed E-state index contributed by atoms with van der Waals surface area (Å²) in [4.78, 5) is 30.6. The normalized spacial score (nSPS) is 19.4. The Balaban J connectivity index is 2.15. The van der Waals surface area contributed by atoms with Crippen molar-refractivity contribution in [3.8, 4) is 5.75 Å². The summed E-state index contributed by atoms with van der Waals surface area (Å²) < 4.78 is 22.6. The van der Waals surface area contributed by atoms with Crippen LogP contribution in [0.15, 0.2) is 29.3 Å². The quantitative estimate of drug-likeness (QED) is 0.183. The number of aliphatic imine (C=N–C) groups is 1. The average Bonchev–Trinajstić information content (AvgIpc) is 3.16. The summed E-state index contributed by atoms with van der Waals surface area (Å²) in [7, 11) is 0. The topological polar surface area (TPSA) is 128 Å². The summed E-state index contributed by atoms with van der Waals surface area (Å²) in [6.45, 7) is 12.7. The van der Waals surface area contributed by atoms with Gasteiger partial charge in [0, 0.05) is 38.2 Å². The Labute approximate surface area is 220 Å². The van der Waals surface area contributed by atoms with Crippen LogP contribution < -0.4 is 15.6 Å². The zero-order valence-electron chi connectivity index (χ0n) is 23.0. The molecular formula is C27H43N3O7. The largest absolute Gasteiger partial charge is 0.494 e. The second-order valence-corrected chi connectivity index (χ2v) is 10.3. The van der Waals surface area contributed by atoms with Crippen LogP contribution in [-0.4, -0.2) is 72.6 Å². The summed E-state index contributed by atoms with van der Waals surface area (Å²) in [5, 5.41) is 8.91. The van der Waals surface area contributed by atoms with Gasteiger partial charge in [0.2, 0.25) is 5.90 Å². The van der Waals surface area contributed by atoms with E-state index in [1.54, 1.807) is 52.0 Å². The molecule has 0 saturated heterocycles. The van der Waals surface area contributed by atoms with Crippen LogP contribution in [0.3, 0.4) is 0 Å². The molecule has 1 heterocycles. The van der Waals surface area contributed by atoms with Gasteiger partial charge < -0.3 is 24.1 Å².